The monoisotopic (exact) mass is 249 g/mol. The van der Waals surface area contributed by atoms with Crippen LogP contribution in [0.3, 0.4) is 0 Å². The molecule has 1 saturated heterocycles. The molecule has 3 rings (SSSR count). The van der Waals surface area contributed by atoms with Crippen molar-refractivity contribution in [2.24, 2.45) is 0 Å². The van der Waals surface area contributed by atoms with Crippen LogP contribution in [-0.4, -0.2) is 36.6 Å². The molecule has 17 heavy (non-hydrogen) atoms. The Balaban J connectivity index is 2.02. The van der Waals surface area contributed by atoms with Gasteiger partial charge in [-0.25, -0.2) is 0 Å². The maximum Gasteiger partial charge on any atom is 0.0647 e. The Labute approximate surface area is 106 Å². The van der Waals surface area contributed by atoms with E-state index in [-0.39, 0.29) is 0 Å². The van der Waals surface area contributed by atoms with E-state index in [1.54, 1.807) is 0 Å². The summed E-state index contributed by atoms with van der Waals surface area (Å²) >= 11 is 6.18. The highest BCUT2D eigenvalue weighted by Gasteiger charge is 2.21. The summed E-state index contributed by atoms with van der Waals surface area (Å²) in [4.78, 5) is 5.63. The Kier molecular flexibility index (Phi) is 2.82. The molecule has 0 saturated carbocycles. The molecule has 1 fully saturated rings. The van der Waals surface area contributed by atoms with Gasteiger partial charge in [0.25, 0.3) is 0 Å². The van der Waals surface area contributed by atoms with E-state index in [4.69, 9.17) is 11.6 Å². The van der Waals surface area contributed by atoms with Crippen molar-refractivity contribution in [1.82, 2.24) is 15.2 Å². The first-order chi connectivity index (χ1) is 8.25. The van der Waals surface area contributed by atoms with Crippen molar-refractivity contribution in [1.29, 1.82) is 0 Å². The summed E-state index contributed by atoms with van der Waals surface area (Å²) in [5.74, 6) is 0. The quantitative estimate of drug-likeness (QED) is 0.813. The van der Waals surface area contributed by atoms with Crippen molar-refractivity contribution in [2.45, 2.75) is 6.04 Å². The Hall–Kier alpha value is -1.03. The van der Waals surface area contributed by atoms with E-state index in [0.29, 0.717) is 6.04 Å². The number of piperazine rings is 1. The molecule has 4 heteroatoms. The van der Waals surface area contributed by atoms with E-state index in [0.717, 1.165) is 30.2 Å². The van der Waals surface area contributed by atoms with Gasteiger partial charge >= 0.3 is 0 Å². The molecule has 90 valence electrons. The average Bonchev–Trinajstić information content (AvgIpc) is 2.74. The zero-order chi connectivity index (χ0) is 11.8. The molecule has 0 bridgehead atoms. The lowest BCUT2D eigenvalue weighted by atomic mass is 10.0. The molecular weight excluding hydrogens is 234 g/mol. The smallest absolute Gasteiger partial charge is 0.0647 e. The highest BCUT2D eigenvalue weighted by molar-refractivity contribution is 6.35. The maximum atomic E-state index is 6.18. The normalized spacial score (nSPS) is 22.1. The molecule has 0 amide bonds. The molecule has 1 aliphatic heterocycles. The van der Waals surface area contributed by atoms with Gasteiger partial charge in [-0.2, -0.15) is 0 Å². The van der Waals surface area contributed by atoms with Gasteiger partial charge in [-0.3, -0.25) is 0 Å². The van der Waals surface area contributed by atoms with Gasteiger partial charge in [0.2, 0.25) is 0 Å². The number of H-pyrrole nitrogens is 1. The Morgan fingerprint density at radius 2 is 2.29 bits per heavy atom. The highest BCUT2D eigenvalue weighted by Crippen LogP contribution is 2.29. The molecule has 1 unspecified atom stereocenters. The summed E-state index contributed by atoms with van der Waals surface area (Å²) in [6.07, 6.45) is 2.08. The molecule has 2 aromatic rings. The van der Waals surface area contributed by atoms with Gasteiger partial charge in [0, 0.05) is 37.3 Å². The zero-order valence-electron chi connectivity index (χ0n) is 9.83. The zero-order valence-corrected chi connectivity index (χ0v) is 10.6. The molecule has 2 heterocycles. The molecule has 1 atom stereocenters. The van der Waals surface area contributed by atoms with Crippen LogP contribution in [0.2, 0.25) is 5.02 Å². The second kappa shape index (κ2) is 4.33. The number of hydrogen-bond donors (Lipinski definition) is 2. The van der Waals surface area contributed by atoms with Crippen molar-refractivity contribution in [3.63, 3.8) is 0 Å². The topological polar surface area (TPSA) is 31.1 Å². The van der Waals surface area contributed by atoms with Gasteiger partial charge in [-0.05, 0) is 18.7 Å². The van der Waals surface area contributed by atoms with E-state index in [9.17, 15) is 0 Å². The average molecular weight is 250 g/mol. The predicted molar refractivity (Wildman–Crippen MR) is 71.5 cm³/mol. The summed E-state index contributed by atoms with van der Waals surface area (Å²) in [5.41, 5.74) is 2.35. The first kappa shape index (κ1) is 11.1. The van der Waals surface area contributed by atoms with Crippen LogP contribution in [0, 0.1) is 0 Å². The lowest BCUT2D eigenvalue weighted by Crippen LogP contribution is -2.43. The van der Waals surface area contributed by atoms with Gasteiger partial charge in [0.05, 0.1) is 10.5 Å². The van der Waals surface area contributed by atoms with Crippen LogP contribution in [0.15, 0.2) is 24.4 Å². The van der Waals surface area contributed by atoms with Crippen LogP contribution < -0.4 is 5.32 Å². The van der Waals surface area contributed by atoms with Crippen LogP contribution in [0.1, 0.15) is 11.6 Å². The van der Waals surface area contributed by atoms with E-state index in [1.807, 2.05) is 12.1 Å². The third-order valence-electron chi connectivity index (χ3n) is 3.45. The summed E-state index contributed by atoms with van der Waals surface area (Å²) in [6, 6.07) is 6.45. The predicted octanol–water partition coefficient (Wildman–Crippen LogP) is 2.40. The second-order valence-electron chi connectivity index (χ2n) is 4.68. The van der Waals surface area contributed by atoms with Crippen molar-refractivity contribution in [3.8, 4) is 0 Å². The van der Waals surface area contributed by atoms with E-state index in [1.165, 1.54) is 10.9 Å². The summed E-state index contributed by atoms with van der Waals surface area (Å²) < 4.78 is 0. The molecule has 0 aliphatic carbocycles. The molecule has 1 aromatic heterocycles. The molecule has 3 nitrogen and oxygen atoms in total. The summed E-state index contributed by atoms with van der Waals surface area (Å²) in [7, 11) is 2.16. The number of hydrogen-bond acceptors (Lipinski definition) is 2. The largest absolute Gasteiger partial charge is 0.360 e. The Bertz CT molecular complexity index is 534. The minimum absolute atomic E-state index is 0.390. The fraction of sp³-hybridized carbons (Fsp3) is 0.385. The van der Waals surface area contributed by atoms with Gasteiger partial charge in [-0.1, -0.05) is 23.7 Å². The standard InChI is InChI=1S/C13H16ClN3/c1-17-6-5-15-12(8-17)10-7-16-13-9(10)3-2-4-11(13)14/h2-4,7,12,15-16H,5-6,8H2,1H3. The number of nitrogens with one attached hydrogen (secondary N) is 2. The molecule has 1 aromatic carbocycles. The number of aromatic amines is 1. The number of aromatic nitrogens is 1. The number of benzene rings is 1. The SMILES string of the molecule is CN1CCNC(c2c[nH]c3c(Cl)cccc23)C1. The van der Waals surface area contributed by atoms with E-state index >= 15 is 0 Å². The molecular formula is C13H16ClN3. The van der Waals surface area contributed by atoms with Crippen LogP contribution >= 0.6 is 11.6 Å². The summed E-state index contributed by atoms with van der Waals surface area (Å²) in [5, 5.41) is 5.58. The molecule has 0 spiro atoms. The van der Waals surface area contributed by atoms with Crippen molar-refractivity contribution in [2.75, 3.05) is 26.7 Å². The number of nitrogens with zero attached hydrogens (tertiary/aromatic N) is 1. The Morgan fingerprint density at radius 1 is 1.41 bits per heavy atom. The number of para-hydroxylation sites is 1. The van der Waals surface area contributed by atoms with E-state index in [2.05, 4.69) is 34.5 Å². The lowest BCUT2D eigenvalue weighted by molar-refractivity contribution is 0.241. The highest BCUT2D eigenvalue weighted by atomic mass is 35.5. The van der Waals surface area contributed by atoms with Crippen molar-refractivity contribution >= 4 is 22.5 Å². The molecule has 0 radical (unpaired) electrons. The fourth-order valence-corrected chi connectivity index (χ4v) is 2.76. The molecule has 1 aliphatic rings. The summed E-state index contributed by atoms with van der Waals surface area (Å²) in [6.45, 7) is 3.19. The first-order valence-corrected chi connectivity index (χ1v) is 6.31. The fourth-order valence-electron chi connectivity index (χ4n) is 2.53. The van der Waals surface area contributed by atoms with E-state index < -0.39 is 0 Å². The van der Waals surface area contributed by atoms with Crippen molar-refractivity contribution in [3.05, 3.63) is 35.0 Å². The van der Waals surface area contributed by atoms with Crippen molar-refractivity contribution < 1.29 is 0 Å². The third-order valence-corrected chi connectivity index (χ3v) is 3.77. The van der Waals surface area contributed by atoms with Crippen LogP contribution in [0.25, 0.3) is 10.9 Å². The number of likely N-dealkylation sites (N-methyl/N-ethyl adjacent to an activating group) is 1. The van der Waals surface area contributed by atoms with Crippen LogP contribution in [0.4, 0.5) is 0 Å². The number of rotatable bonds is 1. The first-order valence-electron chi connectivity index (χ1n) is 5.93. The Morgan fingerprint density at radius 3 is 3.12 bits per heavy atom. The van der Waals surface area contributed by atoms with Gasteiger partial charge in [0.15, 0.2) is 0 Å². The van der Waals surface area contributed by atoms with Crippen LogP contribution in [-0.2, 0) is 0 Å². The molecule has 2 N–H and O–H groups in total. The minimum atomic E-state index is 0.390. The lowest BCUT2D eigenvalue weighted by Gasteiger charge is -2.30. The number of fused-ring (bicyclic) bond motifs is 1. The number of halogens is 1. The van der Waals surface area contributed by atoms with Gasteiger partial charge in [0.1, 0.15) is 0 Å². The van der Waals surface area contributed by atoms with Gasteiger partial charge < -0.3 is 15.2 Å². The van der Waals surface area contributed by atoms with Gasteiger partial charge in [-0.15, -0.1) is 0 Å². The minimum Gasteiger partial charge on any atom is -0.360 e. The second-order valence-corrected chi connectivity index (χ2v) is 5.08. The third kappa shape index (κ3) is 1.95. The maximum absolute atomic E-state index is 6.18. The van der Waals surface area contributed by atoms with Crippen LogP contribution in [0.5, 0.6) is 0 Å².